The molecule has 0 aliphatic heterocycles. The Kier molecular flexibility index (Phi) is 54.4. The van der Waals surface area contributed by atoms with Crippen molar-refractivity contribution in [2.45, 2.75) is 387 Å². The highest BCUT2D eigenvalue weighted by molar-refractivity contribution is 5.54. The van der Waals surface area contributed by atoms with Gasteiger partial charge in [-0.3, -0.25) is 0 Å². The van der Waals surface area contributed by atoms with Crippen LogP contribution in [0, 0.1) is 23.7 Å². The van der Waals surface area contributed by atoms with Crippen LogP contribution in [0.25, 0.3) is 0 Å². The number of unbranched alkanes of at least 4 members (excludes halogenated alkanes) is 52. The number of rotatable bonds is 62. The molecule has 0 atom stereocenters. The fraction of sp³-hybridized carbons (Fsp3) is 0.744. The summed E-state index contributed by atoms with van der Waals surface area (Å²) in [5.74, 6) is 13.9. The highest BCUT2D eigenvalue weighted by atomic mass is 15.1. The van der Waals surface area contributed by atoms with Gasteiger partial charge in [0.2, 0.25) is 0 Å². The minimum absolute atomic E-state index is 1.04. The maximum absolute atomic E-state index is 3.48. The van der Waals surface area contributed by atoms with E-state index < -0.39 is 0 Å². The van der Waals surface area contributed by atoms with Gasteiger partial charge in [-0.1, -0.05) is 385 Å². The van der Waals surface area contributed by atoms with Gasteiger partial charge >= 0.3 is 0 Å². The van der Waals surface area contributed by atoms with Crippen molar-refractivity contribution in [1.29, 1.82) is 0 Å². The molecule has 0 heterocycles. The standard InChI is InChI=1S/C86H144N2/c1-5-9-13-17-21-25-29-33-37-41-45-49-53-57-77-87(78-58-54-50-46-42-38-34-30-26-22-18-14-10-6-2)85-73-69-83(70-74-85)67-65-81-61-63-82(64-62-81)66-68-84-71-75-86(76-72-84)88(79-59-55-51-47-43-39-35-31-27-23-19-15-11-7-3)80-60-56-52-48-44-40-36-32-28-24-20-16-12-8-4/h61-64,69-76H,5-60,77-80H2,1-4H3. The first-order valence-electron chi connectivity index (χ1n) is 39.5. The Bertz CT molecular complexity index is 1830. The molecule has 88 heavy (non-hydrogen) atoms. The molecule has 0 aliphatic rings. The molecule has 0 radical (unpaired) electrons. The van der Waals surface area contributed by atoms with Crippen molar-refractivity contribution in [3.8, 4) is 23.7 Å². The van der Waals surface area contributed by atoms with Crippen LogP contribution in [0.15, 0.2) is 72.8 Å². The molecule has 0 saturated heterocycles. The van der Waals surface area contributed by atoms with Crippen molar-refractivity contribution < 1.29 is 0 Å². The lowest BCUT2D eigenvalue weighted by molar-refractivity contribution is 0.529. The second-order valence-electron chi connectivity index (χ2n) is 27.5. The quantitative estimate of drug-likeness (QED) is 0.0411. The fourth-order valence-electron chi connectivity index (χ4n) is 13.2. The van der Waals surface area contributed by atoms with Crippen LogP contribution in [0.4, 0.5) is 11.4 Å². The average Bonchev–Trinajstić information content (AvgIpc) is 3.68. The Morgan fingerprint density at radius 1 is 0.170 bits per heavy atom. The first-order valence-corrected chi connectivity index (χ1v) is 39.5. The molecule has 0 fully saturated rings. The number of hydrogen-bond acceptors (Lipinski definition) is 2. The third-order valence-electron chi connectivity index (χ3n) is 19.2. The van der Waals surface area contributed by atoms with Crippen LogP contribution in [-0.4, -0.2) is 26.2 Å². The number of anilines is 2. The van der Waals surface area contributed by atoms with Gasteiger partial charge < -0.3 is 9.80 Å². The summed E-state index contributed by atoms with van der Waals surface area (Å²) in [6.45, 7) is 13.9. The van der Waals surface area contributed by atoms with Crippen molar-refractivity contribution in [3.63, 3.8) is 0 Å². The highest BCUT2D eigenvalue weighted by Crippen LogP contribution is 2.23. The van der Waals surface area contributed by atoms with Gasteiger partial charge in [-0.15, -0.1) is 0 Å². The van der Waals surface area contributed by atoms with E-state index in [9.17, 15) is 0 Å². The van der Waals surface area contributed by atoms with Gasteiger partial charge in [0.25, 0.3) is 0 Å². The van der Waals surface area contributed by atoms with E-state index in [0.717, 1.165) is 22.3 Å². The topological polar surface area (TPSA) is 6.48 Å². The van der Waals surface area contributed by atoms with E-state index in [2.05, 4.69) is 134 Å². The van der Waals surface area contributed by atoms with Crippen molar-refractivity contribution >= 4 is 11.4 Å². The van der Waals surface area contributed by atoms with Crippen molar-refractivity contribution in [2.24, 2.45) is 0 Å². The summed E-state index contributed by atoms with van der Waals surface area (Å²) in [4.78, 5) is 5.37. The van der Waals surface area contributed by atoms with Gasteiger partial charge in [-0.25, -0.2) is 0 Å². The highest BCUT2D eigenvalue weighted by Gasteiger charge is 2.10. The maximum atomic E-state index is 3.48. The Morgan fingerprint density at radius 2 is 0.295 bits per heavy atom. The van der Waals surface area contributed by atoms with Crippen LogP contribution in [0.5, 0.6) is 0 Å². The minimum Gasteiger partial charge on any atom is -0.372 e. The lowest BCUT2D eigenvalue weighted by Crippen LogP contribution is -2.25. The summed E-state index contributed by atoms with van der Waals surface area (Å²) in [6.07, 6.45) is 79.0. The molecule has 0 aliphatic carbocycles. The molecule has 0 amide bonds. The lowest BCUT2D eigenvalue weighted by Gasteiger charge is -2.25. The average molecular weight is 1210 g/mol. The molecule has 0 unspecified atom stereocenters. The molecule has 3 rings (SSSR count). The van der Waals surface area contributed by atoms with Gasteiger partial charge in [-0.2, -0.15) is 0 Å². The predicted molar refractivity (Wildman–Crippen MR) is 397 cm³/mol. The molecule has 0 aromatic heterocycles. The van der Waals surface area contributed by atoms with Crippen LogP contribution in [0.1, 0.15) is 410 Å². The van der Waals surface area contributed by atoms with Gasteiger partial charge in [0.1, 0.15) is 0 Å². The van der Waals surface area contributed by atoms with Crippen LogP contribution < -0.4 is 9.80 Å². The third kappa shape index (κ3) is 46.4. The zero-order valence-corrected chi connectivity index (χ0v) is 59.2. The van der Waals surface area contributed by atoms with Crippen LogP contribution in [0.3, 0.4) is 0 Å². The van der Waals surface area contributed by atoms with Gasteiger partial charge in [0, 0.05) is 59.8 Å². The van der Waals surface area contributed by atoms with E-state index in [1.165, 1.54) is 397 Å². The molecule has 2 nitrogen and oxygen atoms in total. The van der Waals surface area contributed by atoms with E-state index in [1.54, 1.807) is 0 Å². The summed E-state index contributed by atoms with van der Waals surface area (Å²) >= 11 is 0. The van der Waals surface area contributed by atoms with Crippen LogP contribution >= 0.6 is 0 Å². The molecule has 2 heteroatoms. The minimum atomic E-state index is 1.04. The number of nitrogens with zero attached hydrogens (tertiary/aromatic N) is 2. The van der Waals surface area contributed by atoms with Crippen LogP contribution in [0.2, 0.25) is 0 Å². The summed E-state index contributed by atoms with van der Waals surface area (Å²) in [5.41, 5.74) is 6.97. The van der Waals surface area contributed by atoms with Crippen molar-refractivity contribution in [3.05, 3.63) is 95.1 Å². The van der Waals surface area contributed by atoms with E-state index >= 15 is 0 Å². The first kappa shape index (κ1) is 78.6. The number of hydrogen-bond donors (Lipinski definition) is 0. The van der Waals surface area contributed by atoms with Crippen molar-refractivity contribution in [2.75, 3.05) is 36.0 Å². The normalized spacial score (nSPS) is 11.2. The molecule has 3 aromatic carbocycles. The van der Waals surface area contributed by atoms with Crippen molar-refractivity contribution in [1.82, 2.24) is 0 Å². The SMILES string of the molecule is CCCCCCCCCCCCCCCCN(CCCCCCCCCCCCCCCC)c1ccc(C#Cc2ccc(C#Cc3ccc(N(CCCCCCCCCCCCCCCC)CCCCCCCCCCCCCCCC)cc3)cc2)cc1. The van der Waals surface area contributed by atoms with E-state index in [-0.39, 0.29) is 0 Å². The number of benzene rings is 3. The predicted octanol–water partition coefficient (Wildman–Crippen LogP) is 28.0. The third-order valence-corrected chi connectivity index (χ3v) is 19.2. The Morgan fingerprint density at radius 3 is 0.443 bits per heavy atom. The molecule has 0 spiro atoms. The molecule has 0 bridgehead atoms. The summed E-state index contributed by atoms with van der Waals surface area (Å²) < 4.78 is 0. The fourth-order valence-corrected chi connectivity index (χ4v) is 13.2. The monoisotopic (exact) mass is 1210 g/mol. The summed E-state index contributed by atoms with van der Waals surface area (Å²) in [7, 11) is 0. The van der Waals surface area contributed by atoms with Gasteiger partial charge in [-0.05, 0) is 98.5 Å². The largest absolute Gasteiger partial charge is 0.372 e. The smallest absolute Gasteiger partial charge is 0.0367 e. The van der Waals surface area contributed by atoms with Gasteiger partial charge in [0.05, 0.1) is 0 Å². The Balaban J connectivity index is 1.48. The van der Waals surface area contributed by atoms with E-state index in [0.29, 0.717) is 0 Å². The maximum Gasteiger partial charge on any atom is 0.0367 e. The molecule has 0 N–H and O–H groups in total. The molecule has 0 saturated carbocycles. The second-order valence-corrected chi connectivity index (χ2v) is 27.5. The summed E-state index contributed by atoms with van der Waals surface area (Å²) in [5, 5.41) is 0. The molecular weight excluding hydrogens is 1060 g/mol. The van der Waals surface area contributed by atoms with Gasteiger partial charge in [0.15, 0.2) is 0 Å². The first-order chi connectivity index (χ1) is 43.7. The molecule has 3 aromatic rings. The lowest BCUT2D eigenvalue weighted by atomic mass is 10.0. The van der Waals surface area contributed by atoms with E-state index in [4.69, 9.17) is 0 Å². The summed E-state index contributed by atoms with van der Waals surface area (Å²) in [6, 6.07) is 26.9. The Labute approximate surface area is 550 Å². The second kappa shape index (κ2) is 60.9. The van der Waals surface area contributed by atoms with Crippen LogP contribution in [-0.2, 0) is 0 Å². The van der Waals surface area contributed by atoms with E-state index in [1.807, 2.05) is 0 Å². The zero-order valence-electron chi connectivity index (χ0n) is 59.2. The Hall–Kier alpha value is -3.62. The molecular formula is C86H144N2. The molecule has 498 valence electrons. The zero-order chi connectivity index (χ0) is 62.4.